The van der Waals surface area contributed by atoms with Crippen LogP contribution in [0.3, 0.4) is 0 Å². The fourth-order valence-electron chi connectivity index (χ4n) is 2.87. The smallest absolute Gasteiger partial charge is 0.220 e. The van der Waals surface area contributed by atoms with Crippen LogP contribution >= 0.6 is 0 Å². The van der Waals surface area contributed by atoms with Gasteiger partial charge in [0, 0.05) is 32.7 Å². The van der Waals surface area contributed by atoms with Gasteiger partial charge in [-0.1, -0.05) is 25.0 Å². The quantitative estimate of drug-likeness (QED) is 0.846. The number of aliphatic hydroxyl groups excluding tert-OH is 1. The largest absolute Gasteiger partial charge is 0.387 e. The second-order valence-electron chi connectivity index (χ2n) is 6.16. The Labute approximate surface area is 127 Å². The first-order valence-electron chi connectivity index (χ1n) is 7.78. The number of benzene rings is 1. The molecule has 1 amide bonds. The first-order chi connectivity index (χ1) is 10.1. The van der Waals surface area contributed by atoms with Crippen molar-refractivity contribution in [2.75, 3.05) is 25.5 Å². The van der Waals surface area contributed by atoms with Crippen molar-refractivity contribution in [2.45, 2.75) is 38.2 Å². The Kier molecular flexibility index (Phi) is 5.62. The van der Waals surface area contributed by atoms with Crippen LogP contribution in [-0.2, 0) is 4.79 Å². The lowest BCUT2D eigenvalue weighted by molar-refractivity contribution is -0.122. The lowest BCUT2D eigenvalue weighted by Gasteiger charge is -2.16. The minimum atomic E-state index is -0.645. The number of carbonyl (C=O) groups excluding carboxylic acids is 1. The van der Waals surface area contributed by atoms with E-state index in [0.29, 0.717) is 12.3 Å². The highest BCUT2D eigenvalue weighted by Gasteiger charge is 2.18. The van der Waals surface area contributed by atoms with E-state index in [4.69, 9.17) is 0 Å². The number of aliphatic hydroxyl groups is 1. The van der Waals surface area contributed by atoms with Crippen molar-refractivity contribution in [2.24, 2.45) is 5.92 Å². The number of anilines is 1. The molecule has 1 aromatic carbocycles. The van der Waals surface area contributed by atoms with E-state index in [9.17, 15) is 9.90 Å². The third-order valence-electron chi connectivity index (χ3n) is 4.24. The fourth-order valence-corrected chi connectivity index (χ4v) is 2.87. The first kappa shape index (κ1) is 15.8. The van der Waals surface area contributed by atoms with Crippen LogP contribution in [0, 0.1) is 5.92 Å². The highest BCUT2D eigenvalue weighted by atomic mass is 16.3. The molecule has 1 aliphatic rings. The van der Waals surface area contributed by atoms with Crippen molar-refractivity contribution in [3.05, 3.63) is 29.8 Å². The maximum atomic E-state index is 11.8. The van der Waals surface area contributed by atoms with Crippen LogP contribution < -0.4 is 10.2 Å². The van der Waals surface area contributed by atoms with Crippen LogP contribution in [0.15, 0.2) is 24.3 Å². The lowest BCUT2D eigenvalue weighted by Crippen LogP contribution is -2.29. The molecule has 0 saturated heterocycles. The van der Waals surface area contributed by atoms with Crippen LogP contribution in [0.1, 0.15) is 43.8 Å². The molecule has 4 nitrogen and oxygen atoms in total. The van der Waals surface area contributed by atoms with Gasteiger partial charge < -0.3 is 15.3 Å². The van der Waals surface area contributed by atoms with Crippen LogP contribution in [0.25, 0.3) is 0 Å². The van der Waals surface area contributed by atoms with Crippen molar-refractivity contribution < 1.29 is 9.90 Å². The molecule has 1 aromatic rings. The molecule has 1 saturated carbocycles. The van der Waals surface area contributed by atoms with E-state index in [-0.39, 0.29) is 12.5 Å². The summed E-state index contributed by atoms with van der Waals surface area (Å²) in [5.41, 5.74) is 1.93. The van der Waals surface area contributed by atoms with Crippen molar-refractivity contribution in [1.29, 1.82) is 0 Å². The Morgan fingerprint density at radius 2 is 1.90 bits per heavy atom. The van der Waals surface area contributed by atoms with E-state index < -0.39 is 6.10 Å². The van der Waals surface area contributed by atoms with Gasteiger partial charge in [0.2, 0.25) is 5.91 Å². The molecule has 0 heterocycles. The van der Waals surface area contributed by atoms with E-state index in [1.54, 1.807) is 0 Å². The lowest BCUT2D eigenvalue weighted by atomic mass is 10.0. The summed E-state index contributed by atoms with van der Waals surface area (Å²) in [5, 5.41) is 13.0. The molecule has 0 aromatic heterocycles. The third kappa shape index (κ3) is 4.74. The van der Waals surface area contributed by atoms with E-state index in [1.165, 1.54) is 25.7 Å². The molecule has 1 fully saturated rings. The maximum absolute atomic E-state index is 11.8. The van der Waals surface area contributed by atoms with Crippen molar-refractivity contribution in [3.63, 3.8) is 0 Å². The van der Waals surface area contributed by atoms with E-state index in [2.05, 4.69) is 5.32 Å². The molecular formula is C17H26N2O2. The van der Waals surface area contributed by atoms with Gasteiger partial charge in [-0.2, -0.15) is 0 Å². The average molecular weight is 290 g/mol. The van der Waals surface area contributed by atoms with E-state index >= 15 is 0 Å². The summed E-state index contributed by atoms with van der Waals surface area (Å²) in [6.07, 6.45) is 4.79. The van der Waals surface area contributed by atoms with Crippen molar-refractivity contribution in [3.8, 4) is 0 Å². The molecule has 4 heteroatoms. The second kappa shape index (κ2) is 7.46. The third-order valence-corrected chi connectivity index (χ3v) is 4.24. The Hall–Kier alpha value is -1.55. The van der Waals surface area contributed by atoms with E-state index in [1.807, 2.05) is 43.3 Å². The summed E-state index contributed by atoms with van der Waals surface area (Å²) in [4.78, 5) is 13.9. The van der Waals surface area contributed by atoms with Gasteiger partial charge in [-0.25, -0.2) is 0 Å². The van der Waals surface area contributed by atoms with Crippen LogP contribution in [0.5, 0.6) is 0 Å². The molecule has 21 heavy (non-hydrogen) atoms. The summed E-state index contributed by atoms with van der Waals surface area (Å²) in [6.45, 7) is 0.285. The summed E-state index contributed by atoms with van der Waals surface area (Å²) < 4.78 is 0. The van der Waals surface area contributed by atoms with Gasteiger partial charge in [-0.05, 0) is 36.5 Å². The zero-order chi connectivity index (χ0) is 15.2. The van der Waals surface area contributed by atoms with Gasteiger partial charge in [0.05, 0.1) is 6.10 Å². The van der Waals surface area contributed by atoms with Crippen LogP contribution in [0.2, 0.25) is 0 Å². The van der Waals surface area contributed by atoms with Crippen molar-refractivity contribution in [1.82, 2.24) is 5.32 Å². The van der Waals surface area contributed by atoms with Gasteiger partial charge in [-0.3, -0.25) is 4.79 Å². The van der Waals surface area contributed by atoms with Gasteiger partial charge in [0.15, 0.2) is 0 Å². The highest BCUT2D eigenvalue weighted by molar-refractivity contribution is 5.76. The maximum Gasteiger partial charge on any atom is 0.220 e. The molecule has 0 unspecified atom stereocenters. The van der Waals surface area contributed by atoms with E-state index in [0.717, 1.165) is 11.3 Å². The summed E-state index contributed by atoms with van der Waals surface area (Å²) in [6, 6.07) is 7.75. The SMILES string of the molecule is CN(C)c1ccc([C@@H](O)CNC(=O)CC2CCCC2)cc1. The molecule has 1 atom stereocenters. The predicted octanol–water partition coefficient (Wildman–Crippen LogP) is 2.48. The zero-order valence-corrected chi connectivity index (χ0v) is 13.0. The van der Waals surface area contributed by atoms with Crippen LogP contribution in [-0.4, -0.2) is 31.7 Å². The molecular weight excluding hydrogens is 264 g/mol. The highest BCUT2D eigenvalue weighted by Crippen LogP contribution is 2.27. The van der Waals surface area contributed by atoms with Crippen LogP contribution in [0.4, 0.5) is 5.69 Å². The van der Waals surface area contributed by atoms with Gasteiger partial charge >= 0.3 is 0 Å². The van der Waals surface area contributed by atoms with Crippen molar-refractivity contribution >= 4 is 11.6 Å². The van der Waals surface area contributed by atoms with Gasteiger partial charge in [0.25, 0.3) is 0 Å². The molecule has 2 rings (SSSR count). The molecule has 0 bridgehead atoms. The Morgan fingerprint density at radius 1 is 1.29 bits per heavy atom. The zero-order valence-electron chi connectivity index (χ0n) is 13.0. The molecule has 0 radical (unpaired) electrons. The number of nitrogens with zero attached hydrogens (tertiary/aromatic N) is 1. The summed E-state index contributed by atoms with van der Waals surface area (Å²) in [5.74, 6) is 0.604. The summed E-state index contributed by atoms with van der Waals surface area (Å²) in [7, 11) is 3.96. The average Bonchev–Trinajstić information content (AvgIpc) is 2.97. The number of carbonyl (C=O) groups is 1. The number of amides is 1. The number of rotatable bonds is 6. The molecule has 2 N–H and O–H groups in total. The molecule has 116 valence electrons. The van der Waals surface area contributed by atoms with Gasteiger partial charge in [0.1, 0.15) is 0 Å². The Balaban J connectivity index is 1.77. The number of nitrogens with one attached hydrogen (secondary N) is 1. The molecule has 0 aliphatic heterocycles. The first-order valence-corrected chi connectivity index (χ1v) is 7.78. The Morgan fingerprint density at radius 3 is 2.48 bits per heavy atom. The topological polar surface area (TPSA) is 52.6 Å². The Bertz CT molecular complexity index is 450. The van der Waals surface area contributed by atoms with Gasteiger partial charge in [-0.15, -0.1) is 0 Å². The fraction of sp³-hybridized carbons (Fsp3) is 0.588. The predicted molar refractivity (Wildman–Crippen MR) is 85.3 cm³/mol. The number of hydrogen-bond acceptors (Lipinski definition) is 3. The minimum Gasteiger partial charge on any atom is -0.387 e. The standard InChI is InChI=1S/C17H26N2O2/c1-19(2)15-9-7-14(8-10-15)16(20)12-18-17(21)11-13-5-3-4-6-13/h7-10,13,16,20H,3-6,11-12H2,1-2H3,(H,18,21)/t16-/m0/s1. The molecule has 1 aliphatic carbocycles. The monoisotopic (exact) mass is 290 g/mol. The number of hydrogen-bond donors (Lipinski definition) is 2. The second-order valence-corrected chi connectivity index (χ2v) is 6.16. The normalized spacial score (nSPS) is 16.7. The minimum absolute atomic E-state index is 0.0610. The summed E-state index contributed by atoms with van der Waals surface area (Å²) >= 11 is 0. The molecule has 0 spiro atoms.